The molecule has 33 heavy (non-hydrogen) atoms. The van der Waals surface area contributed by atoms with E-state index < -0.39 is 11.9 Å². The molecule has 0 amide bonds. The third kappa shape index (κ3) is 3.88. The molecule has 5 rings (SSSR count). The Labute approximate surface area is 191 Å². The van der Waals surface area contributed by atoms with Gasteiger partial charge in [-0.25, -0.2) is 13.6 Å². The standard InChI is InChI=1S/C26H28F2N2O3/c1-16-11-22(33-2)20(19-7-9-29-23(16)19)13-30-10-8-25(14-26(27,28)15-25)12-21(30)17-3-5-18(6-4-17)24(31)32/h3-7,9,11,21,29H,8,10,12-15H2,1-2H3,(H,31,32). The molecule has 2 aromatic carbocycles. The van der Waals surface area contributed by atoms with Gasteiger partial charge in [-0.1, -0.05) is 12.1 Å². The normalized spacial score (nSPS) is 21.8. The highest BCUT2D eigenvalue weighted by Gasteiger charge is 2.58. The topological polar surface area (TPSA) is 65.6 Å². The molecule has 174 valence electrons. The summed E-state index contributed by atoms with van der Waals surface area (Å²) in [6, 6.07) is 10.9. The van der Waals surface area contributed by atoms with Crippen LogP contribution in [0.25, 0.3) is 10.9 Å². The first-order valence-corrected chi connectivity index (χ1v) is 11.3. The number of methoxy groups -OCH3 is 1. The Kier molecular flexibility index (Phi) is 5.20. The number of alkyl halides is 2. The number of aromatic amines is 1. The summed E-state index contributed by atoms with van der Waals surface area (Å²) in [5.41, 5.74) is 4.08. The number of carboxylic acid groups (broad SMARTS) is 1. The van der Waals surface area contributed by atoms with Crippen molar-refractivity contribution in [3.63, 3.8) is 0 Å². The van der Waals surface area contributed by atoms with Crippen LogP contribution in [0.4, 0.5) is 8.78 Å². The van der Waals surface area contributed by atoms with Crippen LogP contribution in [0.2, 0.25) is 0 Å². The second kappa shape index (κ2) is 7.83. The van der Waals surface area contributed by atoms with Gasteiger partial charge in [0.15, 0.2) is 0 Å². The summed E-state index contributed by atoms with van der Waals surface area (Å²) in [5.74, 6) is -2.73. The monoisotopic (exact) mass is 454 g/mol. The van der Waals surface area contributed by atoms with Crippen LogP contribution in [0.1, 0.15) is 58.8 Å². The summed E-state index contributed by atoms with van der Waals surface area (Å²) in [4.78, 5) is 16.9. The number of fused-ring (bicyclic) bond motifs is 1. The van der Waals surface area contributed by atoms with E-state index in [1.54, 1.807) is 19.2 Å². The van der Waals surface area contributed by atoms with Gasteiger partial charge in [0.1, 0.15) is 5.75 Å². The summed E-state index contributed by atoms with van der Waals surface area (Å²) in [6.07, 6.45) is 3.17. The second-order valence-electron chi connectivity index (χ2n) is 9.72. The average molecular weight is 455 g/mol. The molecular weight excluding hydrogens is 426 g/mol. The summed E-state index contributed by atoms with van der Waals surface area (Å²) in [6.45, 7) is 3.36. The number of H-pyrrole nitrogens is 1. The number of aryl methyl sites for hydroxylation is 1. The van der Waals surface area contributed by atoms with E-state index in [-0.39, 0.29) is 29.9 Å². The molecule has 1 unspecified atom stereocenters. The minimum Gasteiger partial charge on any atom is -0.496 e. The van der Waals surface area contributed by atoms with Crippen molar-refractivity contribution in [2.75, 3.05) is 13.7 Å². The van der Waals surface area contributed by atoms with E-state index in [9.17, 15) is 18.7 Å². The van der Waals surface area contributed by atoms with Crippen molar-refractivity contribution < 1.29 is 23.4 Å². The third-order valence-electron chi connectivity index (χ3n) is 7.50. The Morgan fingerprint density at radius 3 is 2.61 bits per heavy atom. The molecule has 1 atom stereocenters. The SMILES string of the molecule is COc1cc(C)c2[nH]ccc2c1CN1CCC2(CC1c1ccc(C(=O)O)cc1)CC(F)(F)C2. The van der Waals surface area contributed by atoms with Crippen LogP contribution in [0, 0.1) is 12.3 Å². The van der Waals surface area contributed by atoms with Crippen LogP contribution in [0.15, 0.2) is 42.6 Å². The van der Waals surface area contributed by atoms with Crippen molar-refractivity contribution in [2.24, 2.45) is 5.41 Å². The van der Waals surface area contributed by atoms with Crippen molar-refractivity contribution in [1.82, 2.24) is 9.88 Å². The predicted octanol–water partition coefficient (Wildman–Crippen LogP) is 5.94. The summed E-state index contributed by atoms with van der Waals surface area (Å²) < 4.78 is 33.4. The van der Waals surface area contributed by atoms with E-state index in [1.165, 1.54) is 0 Å². The van der Waals surface area contributed by atoms with Gasteiger partial charge in [0.25, 0.3) is 0 Å². The van der Waals surface area contributed by atoms with Crippen molar-refractivity contribution in [2.45, 2.75) is 51.1 Å². The molecule has 2 heterocycles. The number of likely N-dealkylation sites (tertiary alicyclic amines) is 1. The molecule has 3 aromatic rings. The van der Waals surface area contributed by atoms with E-state index in [2.05, 4.69) is 16.0 Å². The fourth-order valence-electron chi connectivity index (χ4n) is 5.89. The van der Waals surface area contributed by atoms with Crippen molar-refractivity contribution in [3.05, 3.63) is 64.8 Å². The Morgan fingerprint density at radius 1 is 1.24 bits per heavy atom. The number of nitrogens with zero attached hydrogens (tertiary/aromatic N) is 1. The molecule has 1 aliphatic heterocycles. The van der Waals surface area contributed by atoms with Gasteiger partial charge in [0.05, 0.1) is 12.7 Å². The number of hydrogen-bond acceptors (Lipinski definition) is 3. The number of hydrogen-bond donors (Lipinski definition) is 2. The molecule has 1 aromatic heterocycles. The molecule has 1 aliphatic carbocycles. The lowest BCUT2D eigenvalue weighted by atomic mass is 9.59. The number of nitrogens with one attached hydrogen (secondary N) is 1. The second-order valence-corrected chi connectivity index (χ2v) is 9.72. The number of benzene rings is 2. The average Bonchev–Trinajstić information content (AvgIpc) is 3.26. The third-order valence-corrected chi connectivity index (χ3v) is 7.50. The predicted molar refractivity (Wildman–Crippen MR) is 122 cm³/mol. The number of piperidine rings is 1. The number of carbonyl (C=O) groups is 1. The van der Waals surface area contributed by atoms with Crippen LogP contribution < -0.4 is 4.74 Å². The molecule has 1 saturated carbocycles. The Hall–Kier alpha value is -2.93. The molecule has 5 nitrogen and oxygen atoms in total. The summed E-state index contributed by atoms with van der Waals surface area (Å²) in [7, 11) is 1.67. The Morgan fingerprint density at radius 2 is 1.97 bits per heavy atom. The lowest BCUT2D eigenvalue weighted by Gasteiger charge is -2.54. The molecule has 1 spiro atoms. The highest BCUT2D eigenvalue weighted by molar-refractivity contribution is 5.88. The summed E-state index contributed by atoms with van der Waals surface area (Å²) >= 11 is 0. The molecule has 0 bridgehead atoms. The zero-order chi connectivity index (χ0) is 23.4. The molecule has 2 aliphatic rings. The zero-order valence-electron chi connectivity index (χ0n) is 18.8. The van der Waals surface area contributed by atoms with E-state index >= 15 is 0 Å². The lowest BCUT2D eigenvalue weighted by Crippen LogP contribution is -2.53. The molecule has 7 heteroatoms. The van der Waals surface area contributed by atoms with E-state index in [0.717, 1.165) is 39.8 Å². The van der Waals surface area contributed by atoms with Crippen LogP contribution in [0.3, 0.4) is 0 Å². The quantitative estimate of drug-likeness (QED) is 0.501. The number of aromatic carboxylic acids is 1. The van der Waals surface area contributed by atoms with Crippen LogP contribution >= 0.6 is 0 Å². The van der Waals surface area contributed by atoms with Gasteiger partial charge < -0.3 is 14.8 Å². The number of rotatable bonds is 5. The largest absolute Gasteiger partial charge is 0.496 e. The highest BCUT2D eigenvalue weighted by atomic mass is 19.3. The molecule has 0 radical (unpaired) electrons. The number of ether oxygens (including phenoxy) is 1. The minimum atomic E-state index is -2.57. The fraction of sp³-hybridized carbons (Fsp3) is 0.423. The first-order chi connectivity index (χ1) is 15.7. The lowest BCUT2D eigenvalue weighted by molar-refractivity contribution is -0.186. The maximum atomic E-state index is 13.9. The maximum Gasteiger partial charge on any atom is 0.335 e. The van der Waals surface area contributed by atoms with Crippen molar-refractivity contribution in [3.8, 4) is 5.75 Å². The van der Waals surface area contributed by atoms with Gasteiger partial charge in [-0.15, -0.1) is 0 Å². The molecule has 2 N–H and O–H groups in total. The van der Waals surface area contributed by atoms with Gasteiger partial charge >= 0.3 is 5.97 Å². The van der Waals surface area contributed by atoms with Crippen LogP contribution in [0.5, 0.6) is 5.75 Å². The van der Waals surface area contributed by atoms with Gasteiger partial charge in [0, 0.05) is 48.1 Å². The van der Waals surface area contributed by atoms with E-state index in [4.69, 9.17) is 4.74 Å². The zero-order valence-corrected chi connectivity index (χ0v) is 18.8. The molecular formula is C26H28F2N2O3. The minimum absolute atomic E-state index is 0.0620. The first kappa shape index (κ1) is 21.9. The number of halogens is 2. The van der Waals surface area contributed by atoms with Gasteiger partial charge in [-0.2, -0.15) is 0 Å². The van der Waals surface area contributed by atoms with Crippen molar-refractivity contribution >= 4 is 16.9 Å². The maximum absolute atomic E-state index is 13.9. The van der Waals surface area contributed by atoms with Gasteiger partial charge in [-0.05, 0) is 67.1 Å². The summed E-state index contributed by atoms with van der Waals surface area (Å²) in [5, 5.41) is 10.4. The molecule has 2 fully saturated rings. The Bertz CT molecular complexity index is 1190. The van der Waals surface area contributed by atoms with E-state index in [1.807, 2.05) is 31.3 Å². The Balaban J connectivity index is 1.50. The number of carboxylic acids is 1. The fourth-order valence-corrected chi connectivity index (χ4v) is 5.89. The smallest absolute Gasteiger partial charge is 0.335 e. The van der Waals surface area contributed by atoms with Crippen LogP contribution in [-0.4, -0.2) is 40.5 Å². The van der Waals surface area contributed by atoms with Crippen LogP contribution in [-0.2, 0) is 6.54 Å². The number of aromatic nitrogens is 1. The molecule has 1 saturated heterocycles. The van der Waals surface area contributed by atoms with Crippen molar-refractivity contribution in [1.29, 1.82) is 0 Å². The van der Waals surface area contributed by atoms with Gasteiger partial charge in [0.2, 0.25) is 5.92 Å². The van der Waals surface area contributed by atoms with E-state index in [0.29, 0.717) is 19.5 Å². The van der Waals surface area contributed by atoms with Gasteiger partial charge in [-0.3, -0.25) is 4.90 Å². The highest BCUT2D eigenvalue weighted by Crippen LogP contribution is 2.60. The first-order valence-electron chi connectivity index (χ1n) is 11.3.